The Labute approximate surface area is 149 Å². The van der Waals surface area contributed by atoms with Crippen LogP contribution in [0.25, 0.3) is 0 Å². The Kier molecular flexibility index (Phi) is 5.95. The number of piperidine rings is 1. The van der Waals surface area contributed by atoms with E-state index in [1.165, 1.54) is 0 Å². The number of amides is 2. The summed E-state index contributed by atoms with van der Waals surface area (Å²) in [5.74, 6) is 1.63. The van der Waals surface area contributed by atoms with Gasteiger partial charge in [0.15, 0.2) is 0 Å². The summed E-state index contributed by atoms with van der Waals surface area (Å²) in [7, 11) is 0. The number of likely N-dealkylation sites (tertiary alicyclic amines) is 2. The lowest BCUT2D eigenvalue weighted by atomic mass is 9.98. The smallest absolute Gasteiger partial charge is 0.245 e. The van der Waals surface area contributed by atoms with E-state index in [4.69, 9.17) is 4.74 Å². The van der Waals surface area contributed by atoms with Gasteiger partial charge in [-0.1, -0.05) is 25.1 Å². The molecule has 0 radical (unpaired) electrons. The molecular formula is C20H28N2O3. The molecule has 0 N–H and O–H groups in total. The van der Waals surface area contributed by atoms with Crippen molar-refractivity contribution < 1.29 is 14.3 Å². The molecule has 0 saturated carbocycles. The van der Waals surface area contributed by atoms with Crippen molar-refractivity contribution in [1.29, 1.82) is 0 Å². The van der Waals surface area contributed by atoms with E-state index >= 15 is 0 Å². The molecule has 3 rings (SSSR count). The van der Waals surface area contributed by atoms with Gasteiger partial charge in [0.1, 0.15) is 11.8 Å². The lowest BCUT2D eigenvalue weighted by Crippen LogP contribution is -2.50. The van der Waals surface area contributed by atoms with Gasteiger partial charge in [-0.2, -0.15) is 0 Å². The minimum absolute atomic E-state index is 0.0251. The van der Waals surface area contributed by atoms with E-state index in [-0.39, 0.29) is 17.9 Å². The van der Waals surface area contributed by atoms with Crippen molar-refractivity contribution in [1.82, 2.24) is 9.80 Å². The molecule has 2 amide bonds. The fourth-order valence-corrected chi connectivity index (χ4v) is 3.68. The maximum atomic E-state index is 12.8. The first kappa shape index (κ1) is 17.8. The van der Waals surface area contributed by atoms with Gasteiger partial charge in [0.25, 0.3) is 0 Å². The highest BCUT2D eigenvalue weighted by atomic mass is 16.5. The van der Waals surface area contributed by atoms with Crippen LogP contribution in [0.15, 0.2) is 30.3 Å². The van der Waals surface area contributed by atoms with Crippen LogP contribution in [0, 0.1) is 5.92 Å². The standard InChI is InChI=1S/C20H28N2O3/c1-16-9-13-21(14-10-16)20(24)18-8-5-12-22(18)19(23)11-15-25-17-6-3-2-4-7-17/h2-4,6-7,16,18H,5,8-15H2,1H3/t18-/m0/s1. The van der Waals surface area contributed by atoms with Crippen LogP contribution in [0.3, 0.4) is 0 Å². The second kappa shape index (κ2) is 8.37. The molecular weight excluding hydrogens is 316 g/mol. The first-order valence-electron chi connectivity index (χ1n) is 9.41. The van der Waals surface area contributed by atoms with Gasteiger partial charge < -0.3 is 14.5 Å². The van der Waals surface area contributed by atoms with Crippen LogP contribution in [0.2, 0.25) is 0 Å². The molecule has 2 fully saturated rings. The average molecular weight is 344 g/mol. The SMILES string of the molecule is CC1CCN(C(=O)[C@@H]2CCCN2C(=O)CCOc2ccccc2)CC1. The zero-order valence-electron chi connectivity index (χ0n) is 15.0. The zero-order valence-corrected chi connectivity index (χ0v) is 15.0. The molecule has 5 heteroatoms. The fourth-order valence-electron chi connectivity index (χ4n) is 3.68. The van der Waals surface area contributed by atoms with E-state index in [0.717, 1.165) is 44.5 Å². The number of hydrogen-bond acceptors (Lipinski definition) is 3. The summed E-state index contributed by atoms with van der Waals surface area (Å²) in [4.78, 5) is 29.1. The quantitative estimate of drug-likeness (QED) is 0.825. The third-order valence-corrected chi connectivity index (χ3v) is 5.28. The van der Waals surface area contributed by atoms with E-state index < -0.39 is 0 Å². The van der Waals surface area contributed by atoms with Gasteiger partial charge in [0.2, 0.25) is 11.8 Å². The number of carbonyl (C=O) groups excluding carboxylic acids is 2. The Bertz CT molecular complexity index is 582. The maximum absolute atomic E-state index is 12.8. The Morgan fingerprint density at radius 3 is 2.52 bits per heavy atom. The summed E-state index contributed by atoms with van der Waals surface area (Å²) in [6, 6.07) is 9.24. The molecule has 1 atom stereocenters. The van der Waals surface area contributed by atoms with Crippen molar-refractivity contribution in [3.63, 3.8) is 0 Å². The molecule has 2 aliphatic rings. The highest BCUT2D eigenvalue weighted by Crippen LogP contribution is 2.23. The number of hydrogen-bond donors (Lipinski definition) is 0. The van der Waals surface area contributed by atoms with Crippen LogP contribution in [-0.4, -0.2) is 53.9 Å². The first-order chi connectivity index (χ1) is 12.1. The highest BCUT2D eigenvalue weighted by Gasteiger charge is 2.36. The monoisotopic (exact) mass is 344 g/mol. The molecule has 2 saturated heterocycles. The second-order valence-corrected chi connectivity index (χ2v) is 7.16. The number of rotatable bonds is 5. The van der Waals surface area contributed by atoms with E-state index in [2.05, 4.69) is 6.92 Å². The largest absolute Gasteiger partial charge is 0.493 e. The lowest BCUT2D eigenvalue weighted by molar-refractivity contribution is -0.144. The summed E-state index contributed by atoms with van der Waals surface area (Å²) < 4.78 is 5.62. The van der Waals surface area contributed by atoms with Gasteiger partial charge in [-0.3, -0.25) is 9.59 Å². The Balaban J connectivity index is 1.50. The summed E-state index contributed by atoms with van der Waals surface area (Å²) in [6.07, 6.45) is 4.15. The lowest BCUT2D eigenvalue weighted by Gasteiger charge is -2.34. The Morgan fingerprint density at radius 2 is 1.80 bits per heavy atom. The van der Waals surface area contributed by atoms with E-state index in [1.807, 2.05) is 35.2 Å². The molecule has 0 spiro atoms. The molecule has 1 aromatic rings. The molecule has 1 aromatic carbocycles. The Morgan fingerprint density at radius 1 is 1.08 bits per heavy atom. The third kappa shape index (κ3) is 4.53. The fraction of sp³-hybridized carbons (Fsp3) is 0.600. The number of para-hydroxylation sites is 1. The normalized spacial score (nSPS) is 21.4. The van der Waals surface area contributed by atoms with Crippen molar-refractivity contribution in [2.75, 3.05) is 26.2 Å². The van der Waals surface area contributed by atoms with Crippen LogP contribution in [0.4, 0.5) is 0 Å². The maximum Gasteiger partial charge on any atom is 0.245 e. The Hall–Kier alpha value is -2.04. The van der Waals surface area contributed by atoms with Gasteiger partial charge in [0, 0.05) is 19.6 Å². The molecule has 2 heterocycles. The molecule has 136 valence electrons. The summed E-state index contributed by atoms with van der Waals surface area (Å²) in [5.41, 5.74) is 0. The number of nitrogens with zero attached hydrogens (tertiary/aromatic N) is 2. The van der Waals surface area contributed by atoms with Crippen molar-refractivity contribution in [2.45, 2.75) is 45.1 Å². The van der Waals surface area contributed by atoms with Crippen LogP contribution in [0.1, 0.15) is 39.0 Å². The van der Waals surface area contributed by atoms with Gasteiger partial charge >= 0.3 is 0 Å². The molecule has 0 aromatic heterocycles. The minimum atomic E-state index is -0.266. The third-order valence-electron chi connectivity index (χ3n) is 5.28. The molecule has 25 heavy (non-hydrogen) atoms. The van der Waals surface area contributed by atoms with Crippen molar-refractivity contribution in [2.24, 2.45) is 5.92 Å². The molecule has 0 aliphatic carbocycles. The topological polar surface area (TPSA) is 49.9 Å². The summed E-state index contributed by atoms with van der Waals surface area (Å²) in [5, 5.41) is 0. The van der Waals surface area contributed by atoms with Crippen molar-refractivity contribution in [3.05, 3.63) is 30.3 Å². The number of benzene rings is 1. The summed E-state index contributed by atoms with van der Waals surface area (Å²) in [6.45, 7) is 4.93. The highest BCUT2D eigenvalue weighted by molar-refractivity contribution is 5.88. The first-order valence-corrected chi connectivity index (χ1v) is 9.41. The number of carbonyl (C=O) groups is 2. The van der Waals surface area contributed by atoms with Gasteiger partial charge in [-0.05, 0) is 43.7 Å². The van der Waals surface area contributed by atoms with E-state index in [9.17, 15) is 9.59 Å². The van der Waals surface area contributed by atoms with E-state index in [0.29, 0.717) is 25.5 Å². The predicted octanol–water partition coefficient (Wildman–Crippen LogP) is 2.71. The van der Waals surface area contributed by atoms with Crippen LogP contribution < -0.4 is 4.74 Å². The van der Waals surface area contributed by atoms with Gasteiger partial charge in [-0.25, -0.2) is 0 Å². The zero-order chi connectivity index (χ0) is 17.6. The number of ether oxygens (including phenoxy) is 1. The van der Waals surface area contributed by atoms with Crippen LogP contribution >= 0.6 is 0 Å². The summed E-state index contributed by atoms with van der Waals surface area (Å²) >= 11 is 0. The molecule has 0 bridgehead atoms. The van der Waals surface area contributed by atoms with Crippen LogP contribution in [-0.2, 0) is 9.59 Å². The minimum Gasteiger partial charge on any atom is -0.493 e. The van der Waals surface area contributed by atoms with Gasteiger partial charge in [-0.15, -0.1) is 0 Å². The second-order valence-electron chi connectivity index (χ2n) is 7.16. The molecule has 2 aliphatic heterocycles. The predicted molar refractivity (Wildman–Crippen MR) is 96.3 cm³/mol. The average Bonchev–Trinajstić information content (AvgIpc) is 3.12. The molecule has 5 nitrogen and oxygen atoms in total. The molecule has 0 unspecified atom stereocenters. The van der Waals surface area contributed by atoms with E-state index in [1.54, 1.807) is 4.90 Å². The van der Waals surface area contributed by atoms with Crippen molar-refractivity contribution >= 4 is 11.8 Å². The van der Waals surface area contributed by atoms with Crippen LogP contribution in [0.5, 0.6) is 5.75 Å². The van der Waals surface area contributed by atoms with Crippen molar-refractivity contribution in [3.8, 4) is 5.75 Å². The van der Waals surface area contributed by atoms with Gasteiger partial charge in [0.05, 0.1) is 13.0 Å².